The predicted octanol–water partition coefficient (Wildman–Crippen LogP) is 8.67. The zero-order valence-electron chi connectivity index (χ0n) is 18.7. The first kappa shape index (κ1) is 24.5. The van der Waals surface area contributed by atoms with Crippen molar-refractivity contribution in [2.45, 2.75) is 26.2 Å². The molecule has 0 N–H and O–H groups in total. The Balaban J connectivity index is 1.67. The van der Waals surface area contributed by atoms with Crippen LogP contribution in [0.2, 0.25) is 0 Å². The maximum atomic E-state index is 14.8. The van der Waals surface area contributed by atoms with Gasteiger partial charge in [-0.3, -0.25) is 0 Å². The van der Waals surface area contributed by atoms with E-state index in [0.29, 0.717) is 29.8 Å². The van der Waals surface area contributed by atoms with Crippen molar-refractivity contribution in [1.82, 2.24) is 0 Å². The fourth-order valence-corrected chi connectivity index (χ4v) is 3.90. The molecule has 0 bridgehead atoms. The molecule has 0 saturated carbocycles. The Kier molecular flexibility index (Phi) is 6.45. The molecule has 0 atom stereocenters. The van der Waals surface area contributed by atoms with Gasteiger partial charge in [0.05, 0.1) is 5.56 Å². The van der Waals surface area contributed by atoms with Crippen LogP contribution in [0, 0.1) is 42.9 Å². The predicted molar refractivity (Wildman–Crippen MR) is 121 cm³/mol. The molecule has 7 heteroatoms. The summed E-state index contributed by atoms with van der Waals surface area (Å²) in [6, 6.07) is 14.0. The molecule has 0 amide bonds. The molecule has 35 heavy (non-hydrogen) atoms. The zero-order valence-corrected chi connectivity index (χ0v) is 18.7. The van der Waals surface area contributed by atoms with Crippen LogP contribution in [0.5, 0.6) is 0 Å². The number of halogens is 7. The lowest BCUT2D eigenvalue weighted by atomic mass is 9.94. The summed E-state index contributed by atoms with van der Waals surface area (Å²) >= 11 is 0. The highest BCUT2D eigenvalue weighted by molar-refractivity contribution is 5.71. The van der Waals surface area contributed by atoms with E-state index in [1.165, 1.54) is 12.1 Å². The standard InChI is InChI=1S/C28H19F7/c1-15-3-5-18(6-4-15)19-7-8-21(24(31)11-19)20-12-25(32)27(26(33)13-20)28(34,35)14-17-9-22(29)16(2)23(30)10-17/h3-13H,14H2,1-2H3. The van der Waals surface area contributed by atoms with Gasteiger partial charge in [-0.05, 0) is 66.4 Å². The van der Waals surface area contributed by atoms with Crippen molar-refractivity contribution in [1.29, 1.82) is 0 Å². The molecular formula is C28H19F7. The van der Waals surface area contributed by atoms with Gasteiger partial charge in [0, 0.05) is 17.5 Å². The lowest BCUT2D eigenvalue weighted by molar-refractivity contribution is -0.0110. The average molecular weight is 488 g/mol. The van der Waals surface area contributed by atoms with Gasteiger partial charge >= 0.3 is 0 Å². The van der Waals surface area contributed by atoms with Gasteiger partial charge in [0.2, 0.25) is 0 Å². The largest absolute Gasteiger partial charge is 0.282 e. The van der Waals surface area contributed by atoms with Crippen LogP contribution < -0.4 is 0 Å². The Morgan fingerprint density at radius 3 is 1.63 bits per heavy atom. The van der Waals surface area contributed by atoms with Gasteiger partial charge in [0.15, 0.2) is 0 Å². The highest BCUT2D eigenvalue weighted by atomic mass is 19.3. The molecule has 0 saturated heterocycles. The first-order chi connectivity index (χ1) is 16.5. The summed E-state index contributed by atoms with van der Waals surface area (Å²) in [7, 11) is 0. The first-order valence-corrected chi connectivity index (χ1v) is 10.6. The number of hydrogen-bond acceptors (Lipinski definition) is 0. The minimum absolute atomic E-state index is 0.170. The monoisotopic (exact) mass is 488 g/mol. The lowest BCUT2D eigenvalue weighted by Crippen LogP contribution is -2.21. The second kappa shape index (κ2) is 9.21. The molecule has 4 aromatic rings. The SMILES string of the molecule is Cc1ccc(-c2ccc(-c3cc(F)c(C(F)(F)Cc4cc(F)c(C)c(F)c4)c(F)c3)c(F)c2)cc1. The van der Waals surface area contributed by atoms with E-state index in [-0.39, 0.29) is 16.7 Å². The Labute approximate surface area is 197 Å². The van der Waals surface area contributed by atoms with E-state index in [0.717, 1.165) is 18.1 Å². The fourth-order valence-electron chi connectivity index (χ4n) is 3.90. The van der Waals surface area contributed by atoms with Gasteiger partial charge in [-0.15, -0.1) is 0 Å². The van der Waals surface area contributed by atoms with Crippen molar-refractivity contribution in [2.75, 3.05) is 0 Å². The highest BCUT2D eigenvalue weighted by Gasteiger charge is 2.38. The Morgan fingerprint density at radius 1 is 0.571 bits per heavy atom. The van der Waals surface area contributed by atoms with Crippen LogP contribution >= 0.6 is 0 Å². The smallest absolute Gasteiger partial charge is 0.207 e. The van der Waals surface area contributed by atoms with Crippen molar-refractivity contribution < 1.29 is 30.7 Å². The van der Waals surface area contributed by atoms with Crippen LogP contribution in [0.4, 0.5) is 30.7 Å². The van der Waals surface area contributed by atoms with E-state index in [1.807, 2.05) is 19.1 Å². The Hall–Kier alpha value is -3.61. The number of alkyl halides is 2. The molecule has 0 fully saturated rings. The normalized spacial score (nSPS) is 11.7. The molecule has 0 heterocycles. The minimum atomic E-state index is -4.12. The second-order valence-electron chi connectivity index (χ2n) is 8.44. The van der Waals surface area contributed by atoms with Crippen molar-refractivity contribution in [3.05, 3.63) is 118 Å². The molecule has 4 aromatic carbocycles. The molecular weight excluding hydrogens is 469 g/mol. The van der Waals surface area contributed by atoms with E-state index in [2.05, 4.69) is 0 Å². The summed E-state index contributed by atoms with van der Waals surface area (Å²) in [5.41, 5.74) is -0.516. The van der Waals surface area contributed by atoms with Crippen molar-refractivity contribution in [3.63, 3.8) is 0 Å². The van der Waals surface area contributed by atoms with E-state index < -0.39 is 52.6 Å². The molecule has 0 radical (unpaired) electrons. The van der Waals surface area contributed by atoms with Crippen molar-refractivity contribution >= 4 is 0 Å². The number of hydrogen-bond donors (Lipinski definition) is 0. The molecule has 0 aliphatic carbocycles. The van der Waals surface area contributed by atoms with Crippen LogP contribution in [0.15, 0.2) is 66.7 Å². The number of benzene rings is 4. The minimum Gasteiger partial charge on any atom is -0.207 e. The zero-order chi connectivity index (χ0) is 25.5. The average Bonchev–Trinajstić information content (AvgIpc) is 2.76. The molecule has 0 aliphatic heterocycles. The summed E-state index contributed by atoms with van der Waals surface area (Å²) in [5, 5.41) is 0. The topological polar surface area (TPSA) is 0 Å². The fraction of sp³-hybridized carbons (Fsp3) is 0.143. The first-order valence-electron chi connectivity index (χ1n) is 10.6. The van der Waals surface area contributed by atoms with Crippen LogP contribution in [0.3, 0.4) is 0 Å². The highest BCUT2D eigenvalue weighted by Crippen LogP contribution is 2.38. The molecule has 4 rings (SSSR count). The molecule has 0 spiro atoms. The van der Waals surface area contributed by atoms with Crippen molar-refractivity contribution in [3.8, 4) is 22.3 Å². The summed E-state index contributed by atoms with van der Waals surface area (Å²) in [6.07, 6.45) is -1.33. The van der Waals surface area contributed by atoms with E-state index in [9.17, 15) is 30.7 Å². The van der Waals surface area contributed by atoms with E-state index in [1.54, 1.807) is 18.2 Å². The molecule has 0 aromatic heterocycles. The molecule has 0 nitrogen and oxygen atoms in total. The Morgan fingerprint density at radius 2 is 1.09 bits per heavy atom. The number of aryl methyl sites for hydroxylation is 1. The summed E-state index contributed by atoms with van der Waals surface area (Å²) in [6.45, 7) is 3.04. The van der Waals surface area contributed by atoms with Crippen LogP contribution in [0.1, 0.15) is 22.3 Å². The molecule has 180 valence electrons. The lowest BCUT2D eigenvalue weighted by Gasteiger charge is -2.20. The van der Waals surface area contributed by atoms with Gasteiger partial charge in [0.1, 0.15) is 29.1 Å². The molecule has 0 aliphatic rings. The third-order valence-electron chi connectivity index (χ3n) is 5.84. The third kappa shape index (κ3) is 4.94. The van der Waals surface area contributed by atoms with Gasteiger partial charge in [-0.25, -0.2) is 30.7 Å². The van der Waals surface area contributed by atoms with Crippen molar-refractivity contribution in [2.24, 2.45) is 0 Å². The quantitative estimate of drug-likeness (QED) is 0.247. The van der Waals surface area contributed by atoms with Gasteiger partial charge < -0.3 is 0 Å². The number of rotatable bonds is 5. The summed E-state index contributed by atoms with van der Waals surface area (Å²) < 4.78 is 101. The maximum Gasteiger partial charge on any atom is 0.282 e. The van der Waals surface area contributed by atoms with Crippen LogP contribution in [-0.2, 0) is 12.3 Å². The summed E-state index contributed by atoms with van der Waals surface area (Å²) in [5.74, 6) is -10.2. The van der Waals surface area contributed by atoms with Crippen LogP contribution in [-0.4, -0.2) is 0 Å². The van der Waals surface area contributed by atoms with Crippen LogP contribution in [0.25, 0.3) is 22.3 Å². The molecule has 0 unspecified atom stereocenters. The maximum absolute atomic E-state index is 14.8. The van der Waals surface area contributed by atoms with Gasteiger partial charge in [0.25, 0.3) is 5.92 Å². The second-order valence-corrected chi connectivity index (χ2v) is 8.44. The van der Waals surface area contributed by atoms with Gasteiger partial charge in [-0.2, -0.15) is 0 Å². The van der Waals surface area contributed by atoms with Gasteiger partial charge in [-0.1, -0.05) is 42.0 Å². The van der Waals surface area contributed by atoms with E-state index in [4.69, 9.17) is 0 Å². The van der Waals surface area contributed by atoms with E-state index >= 15 is 0 Å². The third-order valence-corrected chi connectivity index (χ3v) is 5.84. The summed E-state index contributed by atoms with van der Waals surface area (Å²) in [4.78, 5) is 0. The Bertz CT molecular complexity index is 1360.